The van der Waals surface area contributed by atoms with Crippen LogP contribution < -0.4 is 4.90 Å². The van der Waals surface area contributed by atoms with Crippen molar-refractivity contribution in [2.24, 2.45) is 0 Å². The van der Waals surface area contributed by atoms with Crippen molar-refractivity contribution < 1.29 is 40.4 Å². The van der Waals surface area contributed by atoms with Crippen molar-refractivity contribution in [1.82, 2.24) is 0 Å². The number of nitrogens with zero attached hydrogens (tertiary/aromatic N) is 2. The first-order valence-corrected chi connectivity index (χ1v) is 22.8. The van der Waals surface area contributed by atoms with Gasteiger partial charge in [-0.2, -0.15) is 21.4 Å². The fourth-order valence-corrected chi connectivity index (χ4v) is 9.78. The molecule has 2 aliphatic heterocycles. The second-order valence-electron chi connectivity index (χ2n) is 16.2. The number of hydrogen-bond acceptors (Lipinski definition) is 6. The summed E-state index contributed by atoms with van der Waals surface area (Å²) in [6.07, 6.45) is 13.1. The van der Waals surface area contributed by atoms with Gasteiger partial charge in [0.05, 0.1) is 22.5 Å². The first kappa shape index (κ1) is 42.0. The minimum absolute atomic E-state index is 0.209. The van der Waals surface area contributed by atoms with Crippen LogP contribution >= 0.6 is 0 Å². The predicted octanol–water partition coefficient (Wildman–Crippen LogP) is 8.90. The number of unbranched alkanes of at least 4 members (excludes halogenated alkanes) is 2. The van der Waals surface area contributed by atoms with Crippen molar-refractivity contribution in [2.45, 2.75) is 83.5 Å². The summed E-state index contributed by atoms with van der Waals surface area (Å²) >= 11 is 0. The molecular formula is C45H53N2O8S2+. The quantitative estimate of drug-likeness (QED) is 0.0776. The maximum atomic E-state index is 11.8. The van der Waals surface area contributed by atoms with E-state index in [1.807, 2.05) is 36.4 Å². The topological polar surface area (TPSA) is 152 Å². The average molecular weight is 814 g/mol. The molecule has 1 aliphatic carbocycles. The molecule has 3 N–H and O–H groups in total. The molecule has 3 aromatic rings. The van der Waals surface area contributed by atoms with E-state index in [2.05, 4.69) is 85.7 Å². The maximum Gasteiger partial charge on any atom is 0.335 e. The Kier molecular flexibility index (Phi) is 12.3. The van der Waals surface area contributed by atoms with Gasteiger partial charge in [-0.05, 0) is 104 Å². The Morgan fingerprint density at radius 1 is 0.754 bits per heavy atom. The Labute approximate surface area is 337 Å². The normalized spacial score (nSPS) is 19.2. The zero-order chi connectivity index (χ0) is 41.2. The number of carboxylic acids is 1. The first-order valence-electron chi connectivity index (χ1n) is 19.6. The van der Waals surface area contributed by atoms with Crippen LogP contribution in [-0.2, 0) is 31.1 Å². The van der Waals surface area contributed by atoms with E-state index in [-0.39, 0.29) is 27.9 Å². The Morgan fingerprint density at radius 3 is 2.05 bits per heavy atom. The molecule has 0 fully saturated rings. The Bertz CT molecular complexity index is 2420. The molecular weight excluding hydrogens is 761 g/mol. The number of para-hydroxylation sites is 2. The number of anilines is 1. The third-order valence-corrected chi connectivity index (χ3v) is 13.1. The molecule has 0 aromatic heterocycles. The van der Waals surface area contributed by atoms with Gasteiger partial charge in [0.1, 0.15) is 6.54 Å². The number of hydrogen-bond donors (Lipinski definition) is 3. The fourth-order valence-electron chi connectivity index (χ4n) is 8.64. The number of benzene rings is 3. The molecule has 0 spiro atoms. The van der Waals surface area contributed by atoms with Crippen molar-refractivity contribution in [2.75, 3.05) is 29.5 Å². The van der Waals surface area contributed by atoms with Gasteiger partial charge in [0.2, 0.25) is 5.69 Å². The van der Waals surface area contributed by atoms with E-state index in [1.165, 1.54) is 11.1 Å². The molecule has 10 nitrogen and oxygen atoms in total. The molecule has 0 radical (unpaired) electrons. The maximum absolute atomic E-state index is 11.8. The van der Waals surface area contributed by atoms with Crippen LogP contribution in [0.3, 0.4) is 0 Å². The Balaban J connectivity index is 1.43. The second kappa shape index (κ2) is 16.7. The molecule has 0 bridgehead atoms. The Hall–Kier alpha value is -4.62. The summed E-state index contributed by atoms with van der Waals surface area (Å²) in [5.74, 6) is -1.56. The van der Waals surface area contributed by atoms with Crippen molar-refractivity contribution in [1.29, 1.82) is 0 Å². The van der Waals surface area contributed by atoms with Crippen molar-refractivity contribution in [3.63, 3.8) is 0 Å². The third-order valence-electron chi connectivity index (χ3n) is 11.5. The smallest absolute Gasteiger partial charge is 0.335 e. The highest BCUT2D eigenvalue weighted by Gasteiger charge is 2.44. The summed E-state index contributed by atoms with van der Waals surface area (Å²) in [5.41, 5.74) is 10.4. The highest BCUT2D eigenvalue weighted by atomic mass is 32.2. The molecule has 0 amide bonds. The van der Waals surface area contributed by atoms with Crippen molar-refractivity contribution in [3.05, 3.63) is 136 Å². The highest BCUT2D eigenvalue weighted by Crippen LogP contribution is 2.48. The standard InChI is InChI=1S/C45H52N2O8S2/c1-44(2)36-16-5-7-18-38(36)46(28-9-11-30-56(50,51)52)40(44)26-24-32-14-13-15-33(42(32)34-20-22-35(23-21-34)43(48)49)25-27-41-45(3,4)37-17-6-8-19-39(37)47(41)29-10-12-31-57(53,54)55/h5-8,16-27H,9-15,28-31H2,1-4H3,(H2-,48,49,50,51,52,53,54,55)/p+1. The first-order chi connectivity index (χ1) is 26.9. The van der Waals surface area contributed by atoms with E-state index in [0.717, 1.165) is 64.3 Å². The van der Waals surface area contributed by atoms with Gasteiger partial charge in [-0.1, -0.05) is 74.5 Å². The van der Waals surface area contributed by atoms with Crippen LogP contribution in [0.1, 0.15) is 99.7 Å². The molecule has 3 aliphatic rings. The summed E-state index contributed by atoms with van der Waals surface area (Å²) in [4.78, 5) is 14.1. The van der Waals surface area contributed by atoms with E-state index in [4.69, 9.17) is 0 Å². The number of rotatable bonds is 15. The predicted molar refractivity (Wildman–Crippen MR) is 227 cm³/mol. The zero-order valence-corrected chi connectivity index (χ0v) is 34.7. The second-order valence-corrected chi connectivity index (χ2v) is 19.3. The molecule has 302 valence electrons. The van der Waals surface area contributed by atoms with Crippen LogP contribution in [0.4, 0.5) is 11.4 Å². The molecule has 0 saturated carbocycles. The van der Waals surface area contributed by atoms with Crippen molar-refractivity contribution >= 4 is 48.9 Å². The molecule has 0 unspecified atom stereocenters. The number of carboxylic acid groups (broad SMARTS) is 1. The molecule has 3 aromatic carbocycles. The number of allylic oxidation sites excluding steroid dienone is 8. The van der Waals surface area contributed by atoms with Gasteiger partial charge < -0.3 is 10.0 Å². The largest absolute Gasteiger partial charge is 0.478 e. The summed E-state index contributed by atoms with van der Waals surface area (Å²) in [6, 6.07) is 23.5. The van der Waals surface area contributed by atoms with Gasteiger partial charge >= 0.3 is 5.97 Å². The summed E-state index contributed by atoms with van der Waals surface area (Å²) in [6.45, 7) is 9.94. The van der Waals surface area contributed by atoms with E-state index < -0.39 is 26.2 Å². The van der Waals surface area contributed by atoms with Gasteiger partial charge in [0, 0.05) is 47.5 Å². The number of fused-ring (bicyclic) bond motifs is 2. The number of carbonyl (C=O) groups is 1. The minimum atomic E-state index is -4.05. The zero-order valence-electron chi connectivity index (χ0n) is 33.1. The van der Waals surface area contributed by atoms with Crippen LogP contribution in [0.5, 0.6) is 0 Å². The van der Waals surface area contributed by atoms with Gasteiger partial charge in [-0.3, -0.25) is 9.11 Å². The van der Waals surface area contributed by atoms with Crippen LogP contribution in [0.25, 0.3) is 5.57 Å². The summed E-state index contributed by atoms with van der Waals surface area (Å²) in [7, 11) is -8.10. The summed E-state index contributed by atoms with van der Waals surface area (Å²) < 4.78 is 66.7. The average Bonchev–Trinajstić information content (AvgIpc) is 3.50. The van der Waals surface area contributed by atoms with Crippen LogP contribution in [-0.4, -0.2) is 71.9 Å². The molecule has 57 heavy (non-hydrogen) atoms. The molecule has 0 atom stereocenters. The lowest BCUT2D eigenvalue weighted by Gasteiger charge is -2.28. The summed E-state index contributed by atoms with van der Waals surface area (Å²) in [5, 5.41) is 9.69. The van der Waals surface area contributed by atoms with Gasteiger partial charge in [0.25, 0.3) is 20.2 Å². The molecule has 12 heteroatoms. The lowest BCUT2D eigenvalue weighted by Crippen LogP contribution is -2.28. The van der Waals surface area contributed by atoms with Crippen LogP contribution in [0.15, 0.2) is 114 Å². The monoisotopic (exact) mass is 813 g/mol. The van der Waals surface area contributed by atoms with Gasteiger partial charge in [-0.25, -0.2) is 4.79 Å². The van der Waals surface area contributed by atoms with Crippen molar-refractivity contribution in [3.8, 4) is 0 Å². The van der Waals surface area contributed by atoms with Gasteiger partial charge in [-0.15, -0.1) is 0 Å². The van der Waals surface area contributed by atoms with E-state index >= 15 is 0 Å². The lowest BCUT2D eigenvalue weighted by molar-refractivity contribution is -0.438. The van der Waals surface area contributed by atoms with Crippen LogP contribution in [0.2, 0.25) is 0 Å². The van der Waals surface area contributed by atoms with E-state index in [0.29, 0.717) is 38.8 Å². The lowest BCUT2D eigenvalue weighted by atomic mass is 9.79. The van der Waals surface area contributed by atoms with Gasteiger partial charge in [0.15, 0.2) is 5.71 Å². The third kappa shape index (κ3) is 9.41. The molecule has 2 heterocycles. The Morgan fingerprint density at radius 2 is 1.39 bits per heavy atom. The molecule has 6 rings (SSSR count). The van der Waals surface area contributed by atoms with Crippen LogP contribution in [0, 0.1) is 0 Å². The van der Waals surface area contributed by atoms with E-state index in [9.17, 15) is 35.8 Å². The SMILES string of the molecule is CC1(C)C(=CC=C2CCCC(C=CC3=[N+](CCCCS(=O)(=O)O)c4ccccc4C3(C)C)=C2c2ccc(C(=O)O)cc2)N(CCCCS(=O)(=O)O)c2ccccc21. The van der Waals surface area contributed by atoms with E-state index in [1.54, 1.807) is 12.1 Å². The number of aromatic carboxylic acids is 1. The minimum Gasteiger partial charge on any atom is -0.478 e. The highest BCUT2D eigenvalue weighted by molar-refractivity contribution is 7.86. The molecule has 0 saturated heterocycles. The fraction of sp³-hybridized carbons (Fsp3) is 0.378.